The van der Waals surface area contributed by atoms with E-state index in [1.807, 2.05) is 0 Å². The van der Waals surface area contributed by atoms with E-state index < -0.39 is 0 Å². The minimum Gasteiger partial charge on any atom is -0.0879 e. The Kier molecular flexibility index (Phi) is 1.68. The van der Waals surface area contributed by atoms with E-state index in [0.717, 1.165) is 0 Å². The summed E-state index contributed by atoms with van der Waals surface area (Å²) in [5, 5.41) is 0. The molecule has 0 bridgehead atoms. The van der Waals surface area contributed by atoms with Crippen LogP contribution in [0.5, 0.6) is 0 Å². The molecule has 13 heavy (non-hydrogen) atoms. The monoisotopic (exact) mass is 304 g/mol. The van der Waals surface area contributed by atoms with E-state index in [1.54, 1.807) is 0 Å². The summed E-state index contributed by atoms with van der Waals surface area (Å²) in [6.45, 7) is 0. The molecule has 3 rings (SSSR count). The van der Waals surface area contributed by atoms with E-state index in [4.69, 9.17) is 0 Å². The predicted octanol–water partition coefficient (Wildman–Crippen LogP) is 4.38. The van der Waals surface area contributed by atoms with Crippen LogP contribution in [0.1, 0.15) is 38.5 Å². The zero-order chi connectivity index (χ0) is 9.16. The molecule has 2 saturated carbocycles. The van der Waals surface area contributed by atoms with Gasteiger partial charge in [-0.15, -0.1) is 0 Å². The van der Waals surface area contributed by atoms with Gasteiger partial charge in [0, 0.05) is 10.8 Å². The number of hydrogen-bond donors (Lipinski definition) is 0. The van der Waals surface area contributed by atoms with Crippen molar-refractivity contribution in [1.82, 2.24) is 0 Å². The molecule has 0 aromatic rings. The summed E-state index contributed by atoms with van der Waals surface area (Å²) >= 11 is 7.86. The maximum Gasteiger partial charge on any atom is 0.0935 e. The standard InChI is InChI=1S/C11H14Br2/c12-11(13)9-5-1-2-6-10(9,11)8-4-3-7-9/h1-2H,3-8H2/t9-,10-/m0/s1. The van der Waals surface area contributed by atoms with Crippen molar-refractivity contribution in [3.63, 3.8) is 0 Å². The van der Waals surface area contributed by atoms with Crippen molar-refractivity contribution in [1.29, 1.82) is 0 Å². The molecule has 3 aliphatic carbocycles. The van der Waals surface area contributed by atoms with Crippen LogP contribution >= 0.6 is 31.9 Å². The zero-order valence-corrected chi connectivity index (χ0v) is 10.8. The highest BCUT2D eigenvalue weighted by atomic mass is 79.9. The SMILES string of the molecule is BrC1(Br)[C@]23CC=CC[C@@]12CCCC3. The highest BCUT2D eigenvalue weighted by molar-refractivity contribution is 9.25. The molecule has 0 unspecified atom stereocenters. The average Bonchev–Trinajstić information content (AvgIpc) is 2.61. The summed E-state index contributed by atoms with van der Waals surface area (Å²) in [6.07, 6.45) is 13.0. The van der Waals surface area contributed by atoms with Gasteiger partial charge in [-0.05, 0) is 25.7 Å². The number of halogens is 2. The maximum absolute atomic E-state index is 3.93. The molecule has 0 amide bonds. The fourth-order valence-corrected chi connectivity index (χ4v) is 6.57. The van der Waals surface area contributed by atoms with Gasteiger partial charge in [0.15, 0.2) is 0 Å². The van der Waals surface area contributed by atoms with Crippen LogP contribution < -0.4 is 0 Å². The Morgan fingerprint density at radius 3 is 1.77 bits per heavy atom. The van der Waals surface area contributed by atoms with Crippen LogP contribution in [0.15, 0.2) is 12.2 Å². The molecule has 0 radical (unpaired) electrons. The van der Waals surface area contributed by atoms with Crippen molar-refractivity contribution in [3.8, 4) is 0 Å². The van der Waals surface area contributed by atoms with E-state index in [1.165, 1.54) is 38.5 Å². The fraction of sp³-hybridized carbons (Fsp3) is 0.818. The first-order valence-corrected chi connectivity index (χ1v) is 6.78. The van der Waals surface area contributed by atoms with E-state index in [2.05, 4.69) is 44.0 Å². The highest BCUT2D eigenvalue weighted by Crippen LogP contribution is 2.88. The topological polar surface area (TPSA) is 0 Å². The van der Waals surface area contributed by atoms with Crippen molar-refractivity contribution >= 4 is 31.9 Å². The van der Waals surface area contributed by atoms with E-state index in [0.29, 0.717) is 10.8 Å². The maximum atomic E-state index is 3.93. The zero-order valence-electron chi connectivity index (χ0n) is 7.65. The quantitative estimate of drug-likeness (QED) is 0.460. The lowest BCUT2D eigenvalue weighted by Gasteiger charge is -2.30. The van der Waals surface area contributed by atoms with Crippen LogP contribution in [0.4, 0.5) is 0 Å². The third-order valence-corrected chi connectivity index (χ3v) is 7.65. The van der Waals surface area contributed by atoms with Gasteiger partial charge in [-0.25, -0.2) is 0 Å². The predicted molar refractivity (Wildman–Crippen MR) is 62.3 cm³/mol. The smallest absolute Gasteiger partial charge is 0.0879 e. The molecule has 0 N–H and O–H groups in total. The molecular weight excluding hydrogens is 292 g/mol. The second kappa shape index (κ2) is 2.44. The fourth-order valence-electron chi connectivity index (χ4n) is 3.81. The normalized spacial score (nSPS) is 50.9. The van der Waals surface area contributed by atoms with Gasteiger partial charge in [-0.1, -0.05) is 56.9 Å². The molecular formula is C11H14Br2. The summed E-state index contributed by atoms with van der Waals surface area (Å²) in [6, 6.07) is 0. The van der Waals surface area contributed by atoms with Gasteiger partial charge in [0.25, 0.3) is 0 Å². The first kappa shape index (κ1) is 8.96. The molecule has 0 nitrogen and oxygen atoms in total. The lowest BCUT2D eigenvalue weighted by atomic mass is 9.73. The lowest BCUT2D eigenvalue weighted by Crippen LogP contribution is -2.20. The molecule has 72 valence electrons. The Hall–Kier alpha value is 0.700. The number of alkyl halides is 2. The Labute approximate surface area is 96.4 Å². The van der Waals surface area contributed by atoms with Crippen LogP contribution in [0, 0.1) is 10.8 Å². The number of rotatable bonds is 0. The first-order valence-electron chi connectivity index (χ1n) is 5.19. The molecule has 2 fully saturated rings. The van der Waals surface area contributed by atoms with Crippen LogP contribution in [0.2, 0.25) is 0 Å². The van der Waals surface area contributed by atoms with Gasteiger partial charge < -0.3 is 0 Å². The second-order valence-electron chi connectivity index (χ2n) is 4.83. The van der Waals surface area contributed by atoms with E-state index >= 15 is 0 Å². The van der Waals surface area contributed by atoms with Crippen molar-refractivity contribution in [2.24, 2.45) is 10.8 Å². The molecule has 0 heterocycles. The van der Waals surface area contributed by atoms with Crippen molar-refractivity contribution in [2.75, 3.05) is 0 Å². The van der Waals surface area contributed by atoms with Crippen molar-refractivity contribution < 1.29 is 0 Å². The van der Waals surface area contributed by atoms with Gasteiger partial charge in [0.2, 0.25) is 0 Å². The molecule has 2 atom stereocenters. The van der Waals surface area contributed by atoms with Crippen molar-refractivity contribution in [3.05, 3.63) is 12.2 Å². The minimum atomic E-state index is 0.264. The lowest BCUT2D eigenvalue weighted by molar-refractivity contribution is 0.231. The molecule has 0 spiro atoms. The van der Waals surface area contributed by atoms with Gasteiger partial charge in [-0.2, -0.15) is 0 Å². The van der Waals surface area contributed by atoms with Gasteiger partial charge in [0.1, 0.15) is 0 Å². The Balaban J connectivity index is 2.07. The highest BCUT2D eigenvalue weighted by Gasteiger charge is 2.83. The van der Waals surface area contributed by atoms with E-state index in [-0.39, 0.29) is 3.23 Å². The van der Waals surface area contributed by atoms with Crippen LogP contribution in [-0.4, -0.2) is 3.23 Å². The average molecular weight is 306 g/mol. The summed E-state index contributed by atoms with van der Waals surface area (Å²) in [5.41, 5.74) is 1.12. The number of hydrogen-bond acceptors (Lipinski definition) is 0. The summed E-state index contributed by atoms with van der Waals surface area (Å²) in [5.74, 6) is 0. The van der Waals surface area contributed by atoms with Gasteiger partial charge in [-0.3, -0.25) is 0 Å². The van der Waals surface area contributed by atoms with Crippen LogP contribution in [-0.2, 0) is 0 Å². The Morgan fingerprint density at radius 1 is 0.846 bits per heavy atom. The molecule has 0 aliphatic heterocycles. The third kappa shape index (κ3) is 0.761. The molecule has 2 heteroatoms. The largest absolute Gasteiger partial charge is 0.0935 e. The van der Waals surface area contributed by atoms with Crippen molar-refractivity contribution in [2.45, 2.75) is 41.8 Å². The Morgan fingerprint density at radius 2 is 1.31 bits per heavy atom. The minimum absolute atomic E-state index is 0.264. The molecule has 0 aromatic heterocycles. The van der Waals surface area contributed by atoms with E-state index in [9.17, 15) is 0 Å². The Bertz CT molecular complexity index is 256. The van der Waals surface area contributed by atoms with Crippen LogP contribution in [0.3, 0.4) is 0 Å². The van der Waals surface area contributed by atoms with Gasteiger partial charge >= 0.3 is 0 Å². The number of allylic oxidation sites excluding steroid dienone is 2. The molecule has 3 aliphatic rings. The third-order valence-electron chi connectivity index (χ3n) is 4.61. The molecule has 0 saturated heterocycles. The molecule has 0 aromatic carbocycles. The summed E-state index contributed by atoms with van der Waals surface area (Å²) < 4.78 is 0.264. The summed E-state index contributed by atoms with van der Waals surface area (Å²) in [4.78, 5) is 0. The summed E-state index contributed by atoms with van der Waals surface area (Å²) in [7, 11) is 0. The van der Waals surface area contributed by atoms with Gasteiger partial charge in [0.05, 0.1) is 3.23 Å². The van der Waals surface area contributed by atoms with Crippen LogP contribution in [0.25, 0.3) is 0 Å². The second-order valence-corrected chi connectivity index (χ2v) is 8.27. The first-order chi connectivity index (χ1) is 6.16.